The number of allylic oxidation sites excluding steroid dienone is 2. The Bertz CT molecular complexity index is 585. The monoisotopic (exact) mass is 524 g/mol. The lowest BCUT2D eigenvalue weighted by Crippen LogP contribution is -3.15. The van der Waals surface area contributed by atoms with Crippen LogP contribution in [0, 0.1) is 0 Å². The van der Waals surface area contributed by atoms with E-state index in [0.717, 1.165) is 49.2 Å². The van der Waals surface area contributed by atoms with Gasteiger partial charge in [-0.2, -0.15) is 0 Å². The van der Waals surface area contributed by atoms with Crippen LogP contribution in [0.15, 0.2) is 23.5 Å². The van der Waals surface area contributed by atoms with Gasteiger partial charge in [-0.3, -0.25) is 0 Å². The summed E-state index contributed by atoms with van der Waals surface area (Å²) in [5, 5.41) is 2.18. The Hall–Kier alpha value is -0.240. The molecule has 0 aromatic carbocycles. The molecule has 8 heteroatoms. The van der Waals surface area contributed by atoms with E-state index in [1.54, 1.807) is 0 Å². The van der Waals surface area contributed by atoms with Gasteiger partial charge in [0.2, 0.25) is 0 Å². The van der Waals surface area contributed by atoms with Crippen LogP contribution in [-0.4, -0.2) is 58.3 Å². The molecule has 0 radical (unpaired) electrons. The van der Waals surface area contributed by atoms with Crippen molar-refractivity contribution in [1.29, 1.82) is 0 Å². The molecule has 0 amide bonds. The van der Waals surface area contributed by atoms with Crippen LogP contribution in [0.25, 0.3) is 0 Å². The smallest absolute Gasteiger partial charge is 0.276 e. The number of hydrogen-bond acceptors (Lipinski definition) is 2. The van der Waals surface area contributed by atoms with E-state index in [2.05, 4.69) is 77.3 Å². The summed E-state index contributed by atoms with van der Waals surface area (Å²) in [6.45, 7) is 22.1. The van der Waals surface area contributed by atoms with Crippen LogP contribution in [0.1, 0.15) is 81.1 Å². The molecule has 0 saturated heterocycles. The van der Waals surface area contributed by atoms with Gasteiger partial charge in [0.15, 0.2) is 0 Å². The van der Waals surface area contributed by atoms with Crippen LogP contribution in [0.2, 0.25) is 0 Å². The van der Waals surface area contributed by atoms with Gasteiger partial charge in [0.1, 0.15) is 11.4 Å². The van der Waals surface area contributed by atoms with Crippen molar-refractivity contribution in [1.82, 2.24) is 9.80 Å². The molecule has 2 rings (SSSR count). The fraction of sp³-hybridized carbons (Fsp3) is 0.750. The van der Waals surface area contributed by atoms with Crippen molar-refractivity contribution < 1.29 is 34.6 Å². The second-order valence-corrected chi connectivity index (χ2v) is 9.41. The maximum atomic E-state index is 5.58. The molecular formula is C24H46Cl2N4S2. The quantitative estimate of drug-likeness (QED) is 0.333. The van der Waals surface area contributed by atoms with Crippen molar-refractivity contribution in [3.05, 3.63) is 23.5 Å². The number of thiocarbonyl (C=S) groups is 2. The third-order valence-corrected chi connectivity index (χ3v) is 6.85. The second kappa shape index (κ2) is 17.2. The second-order valence-electron chi connectivity index (χ2n) is 8.63. The fourth-order valence-electron chi connectivity index (χ4n) is 4.36. The first-order valence-corrected chi connectivity index (χ1v) is 12.8. The Kier molecular flexibility index (Phi) is 18.3. The molecular weight excluding hydrogens is 479 g/mol. The number of quaternary nitrogens is 2. The Morgan fingerprint density at radius 2 is 1.00 bits per heavy atom. The van der Waals surface area contributed by atoms with Gasteiger partial charge in [-0.1, -0.05) is 27.7 Å². The zero-order valence-corrected chi connectivity index (χ0v) is 24.6. The van der Waals surface area contributed by atoms with Crippen LogP contribution in [0.3, 0.4) is 0 Å². The van der Waals surface area contributed by atoms with Crippen LogP contribution in [0.4, 0.5) is 0 Å². The van der Waals surface area contributed by atoms with E-state index in [1.165, 1.54) is 34.0 Å². The number of hydrogen-bond donors (Lipinski definition) is 2. The van der Waals surface area contributed by atoms with Crippen LogP contribution in [-0.2, 0) is 0 Å². The number of halogens is 2. The van der Waals surface area contributed by atoms with E-state index in [0.29, 0.717) is 12.1 Å². The molecule has 2 aliphatic heterocycles. The molecule has 0 aromatic rings. The number of rotatable bonds is 8. The molecule has 4 nitrogen and oxygen atoms in total. The first-order valence-electron chi connectivity index (χ1n) is 11.9. The van der Waals surface area contributed by atoms with Gasteiger partial charge in [0, 0.05) is 51.4 Å². The van der Waals surface area contributed by atoms with Gasteiger partial charge in [-0.25, -0.2) is 9.80 Å². The summed E-state index contributed by atoms with van der Waals surface area (Å²) >= 11 is 11.2. The summed E-state index contributed by atoms with van der Waals surface area (Å²) in [4.78, 5) is 7.49. The minimum absolute atomic E-state index is 0. The van der Waals surface area contributed by atoms with Crippen molar-refractivity contribution >= 4 is 34.7 Å². The minimum atomic E-state index is 0. The lowest BCUT2D eigenvalue weighted by atomic mass is 10.1. The number of nitrogens with zero attached hydrogens (tertiary/aromatic N) is 2. The van der Waals surface area contributed by atoms with Gasteiger partial charge >= 0.3 is 0 Å². The summed E-state index contributed by atoms with van der Waals surface area (Å²) in [6, 6.07) is 0.941. The summed E-state index contributed by atoms with van der Waals surface area (Å²) in [5.74, 6) is 0. The lowest BCUT2D eigenvalue weighted by molar-refractivity contribution is -0.768. The molecule has 2 N–H and O–H groups in total. The summed E-state index contributed by atoms with van der Waals surface area (Å²) in [7, 11) is 0. The molecule has 0 fully saturated rings. The molecule has 188 valence electrons. The maximum Gasteiger partial charge on any atom is 0.276 e. The summed E-state index contributed by atoms with van der Waals surface area (Å²) in [5.41, 5.74) is 2.78. The zero-order chi connectivity index (χ0) is 22.8. The average molecular weight is 526 g/mol. The van der Waals surface area contributed by atoms with E-state index >= 15 is 0 Å². The van der Waals surface area contributed by atoms with Crippen molar-refractivity contribution in [2.75, 3.05) is 26.2 Å². The van der Waals surface area contributed by atoms with Crippen molar-refractivity contribution in [3.8, 4) is 0 Å². The Morgan fingerprint density at radius 1 is 0.688 bits per heavy atom. The highest BCUT2D eigenvalue weighted by atomic mass is 35.5. The first-order chi connectivity index (χ1) is 14.2. The average Bonchev–Trinajstić information content (AvgIpc) is 2.69. The fourth-order valence-corrected chi connectivity index (χ4v) is 5.40. The summed E-state index contributed by atoms with van der Waals surface area (Å²) < 4.78 is 0. The predicted molar refractivity (Wildman–Crippen MR) is 138 cm³/mol. The molecule has 0 bridgehead atoms. The van der Waals surface area contributed by atoms with Gasteiger partial charge in [0.25, 0.3) is 10.2 Å². The highest BCUT2D eigenvalue weighted by Crippen LogP contribution is 2.09. The predicted octanol–water partition coefficient (Wildman–Crippen LogP) is -2.82. The molecule has 0 aromatic heterocycles. The molecule has 2 aliphatic rings. The number of nitrogens with one attached hydrogen (secondary N) is 2. The van der Waals surface area contributed by atoms with E-state index in [-0.39, 0.29) is 24.8 Å². The van der Waals surface area contributed by atoms with Gasteiger partial charge < -0.3 is 34.6 Å². The Balaban J connectivity index is 0. The maximum absolute atomic E-state index is 5.58. The molecule has 2 heterocycles. The molecule has 0 saturated carbocycles. The van der Waals surface area contributed by atoms with Crippen LogP contribution in [0.5, 0.6) is 0 Å². The lowest BCUT2D eigenvalue weighted by Gasteiger charge is -2.36. The highest BCUT2D eigenvalue weighted by Gasteiger charge is 2.31. The highest BCUT2D eigenvalue weighted by molar-refractivity contribution is 7.80. The van der Waals surface area contributed by atoms with E-state index in [9.17, 15) is 0 Å². The first kappa shape index (κ1) is 33.9. The molecule has 0 spiro atoms. The van der Waals surface area contributed by atoms with E-state index in [4.69, 9.17) is 24.4 Å². The standard InChI is InChI=1S/2C12H22N2S.2ClH/c2*1-5-7-13-10(3)9-11(4)14(8-6-2)12(13)15;;/h2*9-10H,5-8H2,1-4H3;2*1H. The van der Waals surface area contributed by atoms with Crippen molar-refractivity contribution in [2.24, 2.45) is 0 Å². The normalized spacial score (nSPS) is 25.1. The van der Waals surface area contributed by atoms with Crippen molar-refractivity contribution in [2.45, 2.75) is 93.2 Å². The summed E-state index contributed by atoms with van der Waals surface area (Å²) in [6.07, 6.45) is 9.37. The van der Waals surface area contributed by atoms with E-state index < -0.39 is 0 Å². The Morgan fingerprint density at radius 3 is 1.25 bits per heavy atom. The van der Waals surface area contributed by atoms with Crippen LogP contribution >= 0.6 is 24.4 Å². The van der Waals surface area contributed by atoms with Gasteiger partial charge in [0.05, 0.1) is 25.2 Å². The van der Waals surface area contributed by atoms with Crippen molar-refractivity contribution in [3.63, 3.8) is 0 Å². The van der Waals surface area contributed by atoms with Gasteiger partial charge in [-0.05, 0) is 51.7 Å². The SMILES string of the molecule is CCCN1C(=S)[NH+](CCC)C(C)=CC1C.CCCN1C(=S)[NH+](CCC)C(C)=CC1C.[Cl-].[Cl-]. The molecule has 32 heavy (non-hydrogen) atoms. The van der Waals surface area contributed by atoms with E-state index in [1.807, 2.05) is 0 Å². The molecule has 0 aliphatic carbocycles. The zero-order valence-electron chi connectivity index (χ0n) is 21.4. The third kappa shape index (κ3) is 9.19. The topological polar surface area (TPSA) is 15.4 Å². The molecule has 4 atom stereocenters. The Labute approximate surface area is 221 Å². The molecule has 4 unspecified atom stereocenters. The third-order valence-electron chi connectivity index (χ3n) is 5.88. The largest absolute Gasteiger partial charge is 1.00 e. The van der Waals surface area contributed by atoms with Crippen LogP contribution < -0.4 is 34.6 Å². The minimum Gasteiger partial charge on any atom is -1.00 e. The van der Waals surface area contributed by atoms with Gasteiger partial charge in [-0.15, -0.1) is 0 Å².